The number of aryl methyl sites for hydroxylation is 1. The third kappa shape index (κ3) is 1.72. The Morgan fingerprint density at radius 2 is 2.00 bits per heavy atom. The molecule has 0 spiro atoms. The first-order chi connectivity index (χ1) is 8.68. The standard InChI is InChI=1S/C13H15N3O2/c14-13(18)16-15-12(17)11-9-6-5-7-3-1-2-4-8(7)10(9)11/h1-4,9-11H,5-6H2,(H,15,17)(H3,14,16,18). The predicted molar refractivity (Wildman–Crippen MR) is 65.3 cm³/mol. The second-order valence-electron chi connectivity index (χ2n) is 4.93. The lowest BCUT2D eigenvalue weighted by Crippen LogP contribution is -2.45. The fourth-order valence-electron chi connectivity index (χ4n) is 3.13. The molecule has 0 bridgehead atoms. The van der Waals surface area contributed by atoms with Crippen LogP contribution in [0, 0.1) is 11.8 Å². The van der Waals surface area contributed by atoms with Crippen LogP contribution in [0.1, 0.15) is 23.5 Å². The molecule has 5 heteroatoms. The van der Waals surface area contributed by atoms with Crippen LogP contribution in [0.4, 0.5) is 4.79 Å². The number of urea groups is 1. The molecule has 2 aliphatic rings. The van der Waals surface area contributed by atoms with Crippen LogP contribution in [-0.4, -0.2) is 11.9 Å². The minimum absolute atomic E-state index is 0.0273. The summed E-state index contributed by atoms with van der Waals surface area (Å²) in [5.41, 5.74) is 12.1. The summed E-state index contributed by atoms with van der Waals surface area (Å²) in [6, 6.07) is 7.52. The van der Waals surface area contributed by atoms with Crippen molar-refractivity contribution in [2.24, 2.45) is 17.6 Å². The zero-order chi connectivity index (χ0) is 12.7. The van der Waals surface area contributed by atoms with Crippen molar-refractivity contribution in [3.63, 3.8) is 0 Å². The van der Waals surface area contributed by atoms with E-state index in [1.54, 1.807) is 0 Å². The van der Waals surface area contributed by atoms with E-state index in [0.717, 1.165) is 12.8 Å². The number of nitrogens with one attached hydrogen (secondary N) is 2. The highest BCUT2D eigenvalue weighted by Crippen LogP contribution is 2.59. The Bertz CT molecular complexity index is 515. The molecule has 3 rings (SSSR count). The molecule has 0 aromatic heterocycles. The van der Waals surface area contributed by atoms with E-state index in [4.69, 9.17) is 5.73 Å². The normalized spacial score (nSPS) is 27.7. The van der Waals surface area contributed by atoms with Crippen LogP contribution in [0.3, 0.4) is 0 Å². The quantitative estimate of drug-likeness (QED) is 0.635. The van der Waals surface area contributed by atoms with Crippen molar-refractivity contribution in [1.82, 2.24) is 10.9 Å². The monoisotopic (exact) mass is 245 g/mol. The van der Waals surface area contributed by atoms with Crippen molar-refractivity contribution >= 4 is 11.9 Å². The largest absolute Gasteiger partial charge is 0.350 e. The van der Waals surface area contributed by atoms with Crippen molar-refractivity contribution in [3.05, 3.63) is 35.4 Å². The summed E-state index contributed by atoms with van der Waals surface area (Å²) in [5.74, 6) is 0.556. The van der Waals surface area contributed by atoms with E-state index in [9.17, 15) is 9.59 Å². The molecule has 0 heterocycles. The molecular formula is C13H15N3O2. The van der Waals surface area contributed by atoms with E-state index in [1.165, 1.54) is 11.1 Å². The number of hydrogen-bond donors (Lipinski definition) is 3. The van der Waals surface area contributed by atoms with Crippen LogP contribution in [0.15, 0.2) is 24.3 Å². The van der Waals surface area contributed by atoms with Crippen LogP contribution in [0.25, 0.3) is 0 Å². The highest BCUT2D eigenvalue weighted by atomic mass is 16.2. The topological polar surface area (TPSA) is 84.2 Å². The van der Waals surface area contributed by atoms with Crippen molar-refractivity contribution in [1.29, 1.82) is 0 Å². The molecule has 4 N–H and O–H groups in total. The first-order valence-electron chi connectivity index (χ1n) is 6.11. The van der Waals surface area contributed by atoms with Crippen molar-refractivity contribution in [3.8, 4) is 0 Å². The van der Waals surface area contributed by atoms with E-state index in [2.05, 4.69) is 23.0 Å². The van der Waals surface area contributed by atoms with Gasteiger partial charge in [0.1, 0.15) is 0 Å². The maximum absolute atomic E-state index is 11.9. The number of nitrogens with two attached hydrogens (primary N) is 1. The van der Waals surface area contributed by atoms with Gasteiger partial charge >= 0.3 is 6.03 Å². The molecule has 1 aromatic rings. The lowest BCUT2D eigenvalue weighted by Gasteiger charge is -2.13. The molecule has 2 aliphatic carbocycles. The number of hydrogen-bond acceptors (Lipinski definition) is 2. The summed E-state index contributed by atoms with van der Waals surface area (Å²) in [6.07, 6.45) is 2.07. The molecule has 5 nitrogen and oxygen atoms in total. The maximum Gasteiger partial charge on any atom is 0.330 e. The zero-order valence-electron chi connectivity index (χ0n) is 9.85. The first-order valence-corrected chi connectivity index (χ1v) is 6.11. The van der Waals surface area contributed by atoms with E-state index in [-0.39, 0.29) is 11.8 Å². The van der Waals surface area contributed by atoms with Crippen LogP contribution in [-0.2, 0) is 11.2 Å². The Labute approximate surface area is 105 Å². The summed E-state index contributed by atoms with van der Waals surface area (Å²) in [7, 11) is 0. The second-order valence-corrected chi connectivity index (χ2v) is 4.93. The number of rotatable bonds is 1. The number of hydrazine groups is 1. The SMILES string of the molecule is NC(=O)NNC(=O)C1C2CCc3ccccc3C21. The number of carbonyl (C=O) groups excluding carboxylic acids is 2. The van der Waals surface area contributed by atoms with Gasteiger partial charge in [0, 0.05) is 0 Å². The molecule has 1 fully saturated rings. The van der Waals surface area contributed by atoms with Gasteiger partial charge in [0.2, 0.25) is 5.91 Å². The van der Waals surface area contributed by atoms with Gasteiger partial charge in [-0.1, -0.05) is 24.3 Å². The smallest absolute Gasteiger partial charge is 0.330 e. The molecular weight excluding hydrogens is 230 g/mol. The van der Waals surface area contributed by atoms with Gasteiger partial charge in [-0.15, -0.1) is 0 Å². The summed E-state index contributed by atoms with van der Waals surface area (Å²) < 4.78 is 0. The zero-order valence-corrected chi connectivity index (χ0v) is 9.85. The fourth-order valence-corrected chi connectivity index (χ4v) is 3.13. The Morgan fingerprint density at radius 1 is 1.22 bits per heavy atom. The minimum atomic E-state index is -0.743. The van der Waals surface area contributed by atoms with Crippen LogP contribution in [0.2, 0.25) is 0 Å². The molecule has 0 aliphatic heterocycles. The molecule has 1 aromatic carbocycles. The Balaban J connectivity index is 1.73. The van der Waals surface area contributed by atoms with Gasteiger partial charge in [-0.3, -0.25) is 10.2 Å². The van der Waals surface area contributed by atoms with E-state index in [1.807, 2.05) is 12.1 Å². The molecule has 0 radical (unpaired) electrons. The number of primary amides is 1. The average Bonchev–Trinajstić information content (AvgIpc) is 3.10. The predicted octanol–water partition coefficient (Wildman–Crippen LogP) is 0.662. The second kappa shape index (κ2) is 4.01. The summed E-state index contributed by atoms with van der Waals surface area (Å²) in [5, 5.41) is 0. The van der Waals surface area contributed by atoms with Crippen LogP contribution >= 0.6 is 0 Å². The van der Waals surface area contributed by atoms with Gasteiger partial charge in [0.25, 0.3) is 0 Å². The minimum Gasteiger partial charge on any atom is -0.350 e. The van der Waals surface area contributed by atoms with Crippen molar-refractivity contribution < 1.29 is 9.59 Å². The third-order valence-electron chi connectivity index (χ3n) is 3.94. The highest BCUT2D eigenvalue weighted by Gasteiger charge is 2.57. The third-order valence-corrected chi connectivity index (χ3v) is 3.94. The average molecular weight is 245 g/mol. The molecule has 3 unspecified atom stereocenters. The van der Waals surface area contributed by atoms with Gasteiger partial charge in [-0.2, -0.15) is 0 Å². The van der Waals surface area contributed by atoms with Gasteiger partial charge in [0.05, 0.1) is 5.92 Å². The van der Waals surface area contributed by atoms with Gasteiger partial charge in [-0.05, 0) is 35.8 Å². The Kier molecular flexibility index (Phi) is 2.47. The van der Waals surface area contributed by atoms with Crippen molar-refractivity contribution in [2.75, 3.05) is 0 Å². The summed E-state index contributed by atoms with van der Waals surface area (Å²) in [4.78, 5) is 22.5. The molecule has 94 valence electrons. The number of fused-ring (bicyclic) bond motifs is 3. The molecule has 18 heavy (non-hydrogen) atoms. The van der Waals surface area contributed by atoms with Crippen LogP contribution in [0.5, 0.6) is 0 Å². The molecule has 1 saturated carbocycles. The first kappa shape index (κ1) is 11.1. The number of carbonyl (C=O) groups is 2. The lowest BCUT2D eigenvalue weighted by molar-refractivity contribution is -0.123. The Hall–Kier alpha value is -2.04. The fraction of sp³-hybridized carbons (Fsp3) is 0.385. The summed E-state index contributed by atoms with van der Waals surface area (Å²) in [6.45, 7) is 0. The summed E-state index contributed by atoms with van der Waals surface area (Å²) >= 11 is 0. The van der Waals surface area contributed by atoms with Gasteiger partial charge < -0.3 is 5.73 Å². The number of benzene rings is 1. The highest BCUT2D eigenvalue weighted by molar-refractivity contribution is 5.86. The molecule has 3 atom stereocenters. The molecule has 0 saturated heterocycles. The van der Waals surface area contributed by atoms with Gasteiger partial charge in [0.15, 0.2) is 0 Å². The van der Waals surface area contributed by atoms with Gasteiger partial charge in [-0.25, -0.2) is 10.2 Å². The van der Waals surface area contributed by atoms with E-state index >= 15 is 0 Å². The van der Waals surface area contributed by atoms with E-state index < -0.39 is 6.03 Å². The lowest BCUT2D eigenvalue weighted by atomic mass is 9.92. The van der Waals surface area contributed by atoms with Crippen LogP contribution < -0.4 is 16.6 Å². The maximum atomic E-state index is 11.9. The molecule has 3 amide bonds. The van der Waals surface area contributed by atoms with Crippen molar-refractivity contribution in [2.45, 2.75) is 18.8 Å². The van der Waals surface area contributed by atoms with E-state index in [0.29, 0.717) is 11.8 Å². The Morgan fingerprint density at radius 3 is 2.78 bits per heavy atom. The number of amides is 3.